The first-order chi connectivity index (χ1) is 10.3. The number of fused-ring (bicyclic) bond motifs is 1. The molecule has 3 rings (SSSR count). The highest BCUT2D eigenvalue weighted by molar-refractivity contribution is 6.14. The van der Waals surface area contributed by atoms with Crippen LogP contribution in [0.2, 0.25) is 0 Å². The number of allylic oxidation sites excluding steroid dienone is 1. The Hall–Kier alpha value is -2.76. The Bertz CT molecular complexity index is 774. The van der Waals surface area contributed by atoms with E-state index >= 15 is 0 Å². The number of alkyl halides is 3. The van der Waals surface area contributed by atoms with Crippen molar-refractivity contribution in [1.29, 1.82) is 0 Å². The average Bonchev–Trinajstić information content (AvgIpc) is 2.74. The predicted molar refractivity (Wildman–Crippen MR) is 72.5 cm³/mol. The standard InChI is InChI=1S/C16H9F3O3/c17-16(18,19)10-3-1-9(2-4-10)7-14-15(21)12-6-5-11(20)8-13(12)22-14/h1-8,20H/b14-7-. The zero-order valence-electron chi connectivity index (χ0n) is 11.0. The molecule has 0 saturated carbocycles. The van der Waals surface area contributed by atoms with E-state index in [1.54, 1.807) is 0 Å². The minimum Gasteiger partial charge on any atom is -0.508 e. The molecule has 0 aromatic heterocycles. The zero-order chi connectivity index (χ0) is 15.9. The summed E-state index contributed by atoms with van der Waals surface area (Å²) < 4.78 is 42.8. The van der Waals surface area contributed by atoms with Crippen LogP contribution < -0.4 is 4.74 Å². The zero-order valence-corrected chi connectivity index (χ0v) is 11.0. The molecule has 0 amide bonds. The van der Waals surface area contributed by atoms with E-state index < -0.39 is 11.7 Å². The third-order valence-electron chi connectivity index (χ3n) is 3.19. The minimum absolute atomic E-state index is 0.000332. The summed E-state index contributed by atoms with van der Waals surface area (Å²) in [6.45, 7) is 0. The molecule has 3 nitrogen and oxygen atoms in total. The number of aromatic hydroxyl groups is 1. The van der Waals surface area contributed by atoms with E-state index in [4.69, 9.17) is 4.74 Å². The maximum atomic E-state index is 12.5. The normalized spacial score (nSPS) is 15.8. The van der Waals surface area contributed by atoms with Gasteiger partial charge in [-0.25, -0.2) is 0 Å². The van der Waals surface area contributed by atoms with Gasteiger partial charge in [-0.2, -0.15) is 13.2 Å². The van der Waals surface area contributed by atoms with Crippen LogP contribution in [0.25, 0.3) is 6.08 Å². The third kappa shape index (κ3) is 2.55. The molecule has 0 radical (unpaired) electrons. The summed E-state index contributed by atoms with van der Waals surface area (Å²) in [4.78, 5) is 12.1. The molecule has 0 fully saturated rings. The van der Waals surface area contributed by atoms with E-state index in [2.05, 4.69) is 0 Å². The molecule has 6 heteroatoms. The summed E-state index contributed by atoms with van der Waals surface area (Å²) in [6.07, 6.45) is -3.04. The number of ketones is 1. The van der Waals surface area contributed by atoms with Gasteiger partial charge in [0, 0.05) is 6.07 Å². The molecule has 22 heavy (non-hydrogen) atoms. The van der Waals surface area contributed by atoms with Crippen molar-refractivity contribution in [3.63, 3.8) is 0 Å². The smallest absolute Gasteiger partial charge is 0.416 e. The summed E-state index contributed by atoms with van der Waals surface area (Å²) in [5.41, 5.74) is -0.0501. The number of hydrogen-bond acceptors (Lipinski definition) is 3. The Balaban J connectivity index is 1.90. The Morgan fingerprint density at radius 2 is 1.73 bits per heavy atom. The highest BCUT2D eigenvalue weighted by Gasteiger charge is 2.30. The average molecular weight is 306 g/mol. The number of phenols is 1. The summed E-state index contributed by atoms with van der Waals surface area (Å²) >= 11 is 0. The second-order valence-corrected chi connectivity index (χ2v) is 4.74. The van der Waals surface area contributed by atoms with Crippen LogP contribution in [0.15, 0.2) is 48.2 Å². The number of carbonyl (C=O) groups is 1. The monoisotopic (exact) mass is 306 g/mol. The summed E-state index contributed by atoms with van der Waals surface area (Å²) in [7, 11) is 0. The maximum absolute atomic E-state index is 12.5. The fourth-order valence-corrected chi connectivity index (χ4v) is 2.10. The highest BCUT2D eigenvalue weighted by atomic mass is 19.4. The van der Waals surface area contributed by atoms with Gasteiger partial charge in [-0.1, -0.05) is 12.1 Å². The number of phenolic OH excluding ortho intramolecular Hbond substituents is 1. The van der Waals surface area contributed by atoms with Gasteiger partial charge in [0.15, 0.2) is 5.76 Å². The van der Waals surface area contributed by atoms with Crippen molar-refractivity contribution in [3.05, 3.63) is 64.9 Å². The molecule has 1 N–H and O–H groups in total. The van der Waals surface area contributed by atoms with Gasteiger partial charge < -0.3 is 9.84 Å². The fourth-order valence-electron chi connectivity index (χ4n) is 2.10. The number of hydrogen-bond donors (Lipinski definition) is 1. The van der Waals surface area contributed by atoms with E-state index in [0.717, 1.165) is 12.1 Å². The largest absolute Gasteiger partial charge is 0.508 e. The predicted octanol–water partition coefficient (Wildman–Crippen LogP) is 4.03. The molecule has 1 heterocycles. The van der Waals surface area contributed by atoms with Gasteiger partial charge in [0.2, 0.25) is 5.78 Å². The Labute approximate surface area is 123 Å². The molecule has 0 bridgehead atoms. The Kier molecular flexibility index (Phi) is 3.16. The summed E-state index contributed by atoms with van der Waals surface area (Å²) in [5, 5.41) is 9.35. The van der Waals surface area contributed by atoms with Crippen LogP contribution in [0.4, 0.5) is 13.2 Å². The quantitative estimate of drug-likeness (QED) is 0.809. The van der Waals surface area contributed by atoms with Crippen LogP contribution in [0.5, 0.6) is 11.5 Å². The molecular formula is C16H9F3O3. The van der Waals surface area contributed by atoms with Crippen LogP contribution in [0, 0.1) is 0 Å². The fraction of sp³-hybridized carbons (Fsp3) is 0.0625. The van der Waals surface area contributed by atoms with E-state index in [1.165, 1.54) is 36.4 Å². The molecule has 2 aromatic carbocycles. The van der Waals surface area contributed by atoms with Crippen molar-refractivity contribution in [3.8, 4) is 11.5 Å². The van der Waals surface area contributed by atoms with E-state index in [0.29, 0.717) is 11.1 Å². The second-order valence-electron chi connectivity index (χ2n) is 4.74. The van der Waals surface area contributed by atoms with E-state index in [1.807, 2.05) is 0 Å². The van der Waals surface area contributed by atoms with Gasteiger partial charge in [0.1, 0.15) is 11.5 Å². The van der Waals surface area contributed by atoms with Crippen molar-refractivity contribution in [2.24, 2.45) is 0 Å². The van der Waals surface area contributed by atoms with Crippen LogP contribution in [0.1, 0.15) is 21.5 Å². The lowest BCUT2D eigenvalue weighted by molar-refractivity contribution is -0.137. The van der Waals surface area contributed by atoms with Crippen molar-refractivity contribution in [2.45, 2.75) is 6.18 Å². The van der Waals surface area contributed by atoms with E-state index in [9.17, 15) is 23.1 Å². The number of ether oxygens (including phenoxy) is 1. The Morgan fingerprint density at radius 3 is 2.36 bits per heavy atom. The lowest BCUT2D eigenvalue weighted by atomic mass is 10.1. The van der Waals surface area contributed by atoms with Crippen molar-refractivity contribution in [2.75, 3.05) is 0 Å². The third-order valence-corrected chi connectivity index (χ3v) is 3.19. The minimum atomic E-state index is -4.40. The number of benzene rings is 2. The molecule has 112 valence electrons. The molecule has 0 aliphatic carbocycles. The SMILES string of the molecule is O=C1/C(=C/c2ccc(C(F)(F)F)cc2)Oc2cc(O)ccc21. The molecule has 0 spiro atoms. The number of rotatable bonds is 1. The van der Waals surface area contributed by atoms with Gasteiger partial charge in [-0.05, 0) is 35.9 Å². The lowest BCUT2D eigenvalue weighted by Gasteiger charge is -2.06. The maximum Gasteiger partial charge on any atom is 0.416 e. The number of Topliss-reactive ketones (excluding diaryl/α,β-unsaturated/α-hetero) is 1. The lowest BCUT2D eigenvalue weighted by Crippen LogP contribution is -2.04. The van der Waals surface area contributed by atoms with Crippen molar-refractivity contribution in [1.82, 2.24) is 0 Å². The van der Waals surface area contributed by atoms with Gasteiger partial charge in [-0.15, -0.1) is 0 Å². The highest BCUT2D eigenvalue weighted by Crippen LogP contribution is 2.35. The molecule has 2 aromatic rings. The van der Waals surface area contributed by atoms with Crippen molar-refractivity contribution < 1.29 is 27.8 Å². The Morgan fingerprint density at radius 1 is 1.05 bits per heavy atom. The van der Waals surface area contributed by atoms with Crippen LogP contribution in [-0.4, -0.2) is 10.9 Å². The molecule has 1 aliphatic rings. The summed E-state index contributed by atoms with van der Waals surface area (Å²) in [5.74, 6) is -0.194. The first-order valence-electron chi connectivity index (χ1n) is 6.29. The van der Waals surface area contributed by atoms with Gasteiger partial charge in [0.05, 0.1) is 11.1 Å². The topological polar surface area (TPSA) is 46.5 Å². The van der Waals surface area contributed by atoms with E-state index in [-0.39, 0.29) is 23.0 Å². The first kappa shape index (κ1) is 14.2. The summed E-state index contributed by atoms with van der Waals surface area (Å²) in [6, 6.07) is 8.48. The number of carbonyl (C=O) groups excluding carboxylic acids is 1. The van der Waals surface area contributed by atoms with Crippen LogP contribution in [-0.2, 0) is 6.18 Å². The van der Waals surface area contributed by atoms with Crippen LogP contribution in [0.3, 0.4) is 0 Å². The van der Waals surface area contributed by atoms with Crippen molar-refractivity contribution >= 4 is 11.9 Å². The van der Waals surface area contributed by atoms with Gasteiger partial charge in [-0.3, -0.25) is 4.79 Å². The number of halogens is 3. The van der Waals surface area contributed by atoms with Gasteiger partial charge >= 0.3 is 6.18 Å². The second kappa shape index (κ2) is 4.91. The molecule has 0 atom stereocenters. The molecule has 0 unspecified atom stereocenters. The van der Waals surface area contributed by atoms with Gasteiger partial charge in [0.25, 0.3) is 0 Å². The first-order valence-corrected chi connectivity index (χ1v) is 6.29. The molecular weight excluding hydrogens is 297 g/mol. The van der Waals surface area contributed by atoms with Crippen LogP contribution >= 0.6 is 0 Å². The molecule has 1 aliphatic heterocycles. The molecule has 0 saturated heterocycles.